The largest absolute Gasteiger partial charge is 0.368 e. The average Bonchev–Trinajstić information content (AvgIpc) is 3.09. The third kappa shape index (κ3) is 3.66. The lowest BCUT2D eigenvalue weighted by Gasteiger charge is -2.31. The summed E-state index contributed by atoms with van der Waals surface area (Å²) >= 11 is 3.17. The van der Waals surface area contributed by atoms with Crippen molar-refractivity contribution in [3.8, 4) is 0 Å². The highest BCUT2D eigenvalue weighted by Gasteiger charge is 2.26. The number of hydrogen-bond acceptors (Lipinski definition) is 7. The molecule has 0 radical (unpaired) electrons. The molecule has 7 heteroatoms. The second-order valence-corrected chi connectivity index (χ2v) is 8.06. The quantitative estimate of drug-likeness (QED) is 0.869. The van der Waals surface area contributed by atoms with Crippen LogP contribution in [0.4, 0.5) is 0 Å². The number of thiazole rings is 1. The molecule has 21 heavy (non-hydrogen) atoms. The third-order valence-electron chi connectivity index (χ3n) is 3.50. The fraction of sp³-hybridized carbons (Fsp3) is 0.643. The van der Waals surface area contributed by atoms with Gasteiger partial charge in [0.25, 0.3) is 0 Å². The lowest BCUT2D eigenvalue weighted by Crippen LogP contribution is -2.37. The highest BCUT2D eigenvalue weighted by atomic mass is 32.1. The zero-order valence-electron chi connectivity index (χ0n) is 12.6. The lowest BCUT2D eigenvalue weighted by molar-refractivity contribution is -0.0328. The van der Waals surface area contributed by atoms with Crippen LogP contribution in [0.15, 0.2) is 11.6 Å². The normalized spacial score (nSPS) is 20.8. The van der Waals surface area contributed by atoms with E-state index in [9.17, 15) is 0 Å². The predicted octanol–water partition coefficient (Wildman–Crippen LogP) is 2.87. The summed E-state index contributed by atoms with van der Waals surface area (Å²) in [6.45, 7) is 10.1. The molecule has 1 atom stereocenters. The minimum absolute atomic E-state index is 0.0840. The van der Waals surface area contributed by atoms with Gasteiger partial charge in [-0.15, -0.1) is 16.4 Å². The van der Waals surface area contributed by atoms with Crippen LogP contribution in [0, 0.1) is 0 Å². The molecule has 0 aliphatic carbocycles. The van der Waals surface area contributed by atoms with E-state index in [-0.39, 0.29) is 11.5 Å². The first-order valence-electron chi connectivity index (χ1n) is 7.08. The van der Waals surface area contributed by atoms with Gasteiger partial charge in [-0.05, 0) is 11.5 Å². The molecule has 5 nitrogen and oxygen atoms in total. The molecule has 1 saturated heterocycles. The van der Waals surface area contributed by atoms with Crippen LogP contribution in [0.25, 0.3) is 0 Å². The molecular weight excluding hydrogens is 304 g/mol. The van der Waals surface area contributed by atoms with E-state index < -0.39 is 0 Å². The van der Waals surface area contributed by atoms with Gasteiger partial charge in [0.2, 0.25) is 0 Å². The topological polar surface area (TPSA) is 51.1 Å². The van der Waals surface area contributed by atoms with E-state index in [2.05, 4.69) is 40.6 Å². The number of aromatic nitrogens is 3. The predicted molar refractivity (Wildman–Crippen MR) is 84.7 cm³/mol. The Morgan fingerprint density at radius 2 is 2.29 bits per heavy atom. The van der Waals surface area contributed by atoms with Gasteiger partial charge in [0.15, 0.2) is 0 Å². The molecule has 0 aromatic carbocycles. The smallest absolute Gasteiger partial charge is 0.123 e. The molecule has 0 bridgehead atoms. The van der Waals surface area contributed by atoms with Crippen molar-refractivity contribution >= 4 is 22.9 Å². The molecule has 0 N–H and O–H groups in total. The van der Waals surface area contributed by atoms with Gasteiger partial charge in [-0.3, -0.25) is 4.90 Å². The van der Waals surface area contributed by atoms with Crippen LogP contribution in [0.3, 0.4) is 0 Å². The summed E-state index contributed by atoms with van der Waals surface area (Å²) in [5.41, 5.74) is 1.24. The zero-order chi connectivity index (χ0) is 14.9. The first kappa shape index (κ1) is 15.0. The standard InChI is InChI=1S/C14H20N4OS2/c1-14(2,3)12-9-20-13(16-12)11-8-18(4-5-19-11)7-10-6-15-17-21-10/h6,9,11H,4-5,7-8H2,1-3H3. The van der Waals surface area contributed by atoms with Crippen molar-refractivity contribution in [2.45, 2.75) is 38.8 Å². The summed E-state index contributed by atoms with van der Waals surface area (Å²) < 4.78 is 9.84. The van der Waals surface area contributed by atoms with Crippen LogP contribution < -0.4 is 0 Å². The van der Waals surface area contributed by atoms with Crippen molar-refractivity contribution in [2.75, 3.05) is 19.7 Å². The van der Waals surface area contributed by atoms with Crippen molar-refractivity contribution < 1.29 is 4.74 Å². The van der Waals surface area contributed by atoms with Crippen LogP contribution in [-0.2, 0) is 16.7 Å². The van der Waals surface area contributed by atoms with Gasteiger partial charge in [-0.1, -0.05) is 25.3 Å². The summed E-state index contributed by atoms with van der Waals surface area (Å²) in [6, 6.07) is 0. The van der Waals surface area contributed by atoms with Crippen LogP contribution in [0.5, 0.6) is 0 Å². The van der Waals surface area contributed by atoms with Crippen molar-refractivity contribution in [1.29, 1.82) is 0 Å². The van der Waals surface area contributed by atoms with E-state index in [4.69, 9.17) is 9.72 Å². The maximum Gasteiger partial charge on any atom is 0.123 e. The molecular formula is C14H20N4OS2. The Morgan fingerprint density at radius 3 is 2.95 bits per heavy atom. The number of morpholine rings is 1. The Balaban J connectivity index is 1.67. The van der Waals surface area contributed by atoms with Gasteiger partial charge in [0, 0.05) is 30.4 Å². The highest BCUT2D eigenvalue weighted by Crippen LogP contribution is 2.30. The number of rotatable bonds is 3. The van der Waals surface area contributed by atoms with Gasteiger partial charge in [0.1, 0.15) is 11.1 Å². The Labute approximate surface area is 133 Å². The molecule has 2 aromatic heterocycles. The molecule has 1 aliphatic heterocycles. The molecule has 2 aromatic rings. The van der Waals surface area contributed by atoms with E-state index >= 15 is 0 Å². The molecule has 114 valence electrons. The van der Waals surface area contributed by atoms with Crippen molar-refractivity contribution in [3.63, 3.8) is 0 Å². The number of ether oxygens (including phenoxy) is 1. The minimum atomic E-state index is 0.0840. The van der Waals surface area contributed by atoms with E-state index in [0.29, 0.717) is 0 Å². The fourth-order valence-electron chi connectivity index (χ4n) is 2.25. The van der Waals surface area contributed by atoms with Crippen molar-refractivity contribution in [1.82, 2.24) is 19.5 Å². The van der Waals surface area contributed by atoms with Crippen LogP contribution in [0.2, 0.25) is 0 Å². The van der Waals surface area contributed by atoms with Crippen LogP contribution in [0.1, 0.15) is 42.5 Å². The Hall–Kier alpha value is -0.890. The lowest BCUT2D eigenvalue weighted by atomic mass is 9.93. The van der Waals surface area contributed by atoms with Crippen molar-refractivity contribution in [2.24, 2.45) is 0 Å². The second kappa shape index (κ2) is 6.08. The van der Waals surface area contributed by atoms with Crippen LogP contribution >= 0.6 is 22.9 Å². The Kier molecular flexibility index (Phi) is 4.35. The number of nitrogens with zero attached hydrogens (tertiary/aromatic N) is 4. The maximum absolute atomic E-state index is 5.92. The molecule has 1 fully saturated rings. The van der Waals surface area contributed by atoms with Crippen LogP contribution in [-0.4, -0.2) is 39.2 Å². The van der Waals surface area contributed by atoms with E-state index in [0.717, 1.165) is 36.9 Å². The molecule has 1 aliphatic rings. The highest BCUT2D eigenvalue weighted by molar-refractivity contribution is 7.09. The molecule has 0 saturated carbocycles. The monoisotopic (exact) mass is 324 g/mol. The van der Waals surface area contributed by atoms with E-state index in [1.54, 1.807) is 11.3 Å². The summed E-state index contributed by atoms with van der Waals surface area (Å²) in [5, 5.41) is 7.14. The average molecular weight is 324 g/mol. The van der Waals surface area contributed by atoms with Crippen molar-refractivity contribution in [3.05, 3.63) is 27.2 Å². The van der Waals surface area contributed by atoms with Gasteiger partial charge >= 0.3 is 0 Å². The summed E-state index contributed by atoms with van der Waals surface area (Å²) in [6.07, 6.45) is 1.93. The summed E-state index contributed by atoms with van der Waals surface area (Å²) in [4.78, 5) is 8.37. The molecule has 3 rings (SSSR count). The van der Waals surface area contributed by atoms with Gasteiger partial charge in [-0.2, -0.15) is 0 Å². The molecule has 3 heterocycles. The van der Waals surface area contributed by atoms with Gasteiger partial charge in [-0.25, -0.2) is 4.98 Å². The molecule has 1 unspecified atom stereocenters. The van der Waals surface area contributed by atoms with Gasteiger partial charge in [0.05, 0.1) is 23.4 Å². The Bertz CT molecular complexity index is 576. The maximum atomic E-state index is 5.92. The summed E-state index contributed by atoms with van der Waals surface area (Å²) in [5.74, 6) is 0. The fourth-order valence-corrected chi connectivity index (χ4v) is 3.87. The van der Waals surface area contributed by atoms with E-state index in [1.807, 2.05) is 6.20 Å². The molecule has 0 spiro atoms. The first-order valence-corrected chi connectivity index (χ1v) is 8.74. The number of hydrogen-bond donors (Lipinski definition) is 0. The first-order chi connectivity index (χ1) is 10.0. The minimum Gasteiger partial charge on any atom is -0.368 e. The second-order valence-electron chi connectivity index (χ2n) is 6.30. The van der Waals surface area contributed by atoms with E-state index in [1.165, 1.54) is 16.4 Å². The Morgan fingerprint density at radius 1 is 1.43 bits per heavy atom. The zero-order valence-corrected chi connectivity index (χ0v) is 14.2. The summed E-state index contributed by atoms with van der Waals surface area (Å²) in [7, 11) is 0. The SMILES string of the molecule is CC(C)(C)c1csc(C2CN(Cc3cnns3)CCO2)n1. The van der Waals surface area contributed by atoms with Gasteiger partial charge < -0.3 is 4.74 Å². The molecule has 0 amide bonds. The third-order valence-corrected chi connectivity index (χ3v) is 5.08.